The van der Waals surface area contributed by atoms with Crippen molar-refractivity contribution in [2.24, 2.45) is 0 Å². The van der Waals surface area contributed by atoms with E-state index in [0.29, 0.717) is 0 Å². The molecule has 31 heavy (non-hydrogen) atoms. The first kappa shape index (κ1) is 19.2. The summed E-state index contributed by atoms with van der Waals surface area (Å²) in [7, 11) is 1.73. The number of para-hydroxylation sites is 1. The summed E-state index contributed by atoms with van der Waals surface area (Å²) in [6, 6.07) is 31.1. The van der Waals surface area contributed by atoms with E-state index in [1.165, 1.54) is 16.5 Å². The van der Waals surface area contributed by atoms with Crippen molar-refractivity contribution in [3.05, 3.63) is 121 Å². The van der Waals surface area contributed by atoms with Crippen LogP contribution in [-0.2, 0) is 0 Å². The summed E-state index contributed by atoms with van der Waals surface area (Å²) in [5.41, 5.74) is 4.66. The minimum atomic E-state index is 0.837. The first-order valence-electron chi connectivity index (χ1n) is 10.5. The van der Waals surface area contributed by atoms with Crippen LogP contribution in [-0.4, -0.2) is 7.11 Å². The molecule has 0 N–H and O–H groups in total. The highest BCUT2D eigenvalue weighted by Gasteiger charge is 2.15. The number of allylic oxidation sites excluding steroid dienone is 3. The lowest BCUT2D eigenvalue weighted by Crippen LogP contribution is -2.00. The van der Waals surface area contributed by atoms with E-state index < -0.39 is 0 Å². The second-order valence-electron chi connectivity index (χ2n) is 7.51. The molecule has 2 nitrogen and oxygen atoms in total. The van der Waals surface area contributed by atoms with Gasteiger partial charge in [-0.3, -0.25) is 0 Å². The molecule has 0 aromatic heterocycles. The van der Waals surface area contributed by atoms with Crippen LogP contribution in [0.2, 0.25) is 0 Å². The van der Waals surface area contributed by atoms with E-state index in [4.69, 9.17) is 9.47 Å². The summed E-state index contributed by atoms with van der Waals surface area (Å²) in [6.07, 6.45) is 7.31. The van der Waals surface area contributed by atoms with Crippen LogP contribution in [0.5, 0.6) is 11.5 Å². The molecule has 4 aromatic rings. The molecule has 5 rings (SSSR count). The monoisotopic (exact) mass is 403 g/mol. The van der Waals surface area contributed by atoms with E-state index in [-0.39, 0.29) is 0 Å². The summed E-state index contributed by atoms with van der Waals surface area (Å²) >= 11 is 0. The lowest BCUT2D eigenvalue weighted by molar-refractivity contribution is 0.420. The molecule has 0 atom stereocenters. The quantitative estimate of drug-likeness (QED) is 0.344. The van der Waals surface area contributed by atoms with Crippen molar-refractivity contribution in [3.63, 3.8) is 0 Å². The van der Waals surface area contributed by atoms with Gasteiger partial charge in [-0.2, -0.15) is 0 Å². The van der Waals surface area contributed by atoms with E-state index in [0.717, 1.165) is 40.2 Å². The van der Waals surface area contributed by atoms with Gasteiger partial charge in [0, 0.05) is 5.39 Å². The predicted octanol–water partition coefficient (Wildman–Crippen LogP) is 7.47. The van der Waals surface area contributed by atoms with Crippen LogP contribution in [0, 0.1) is 6.42 Å². The van der Waals surface area contributed by atoms with E-state index in [2.05, 4.69) is 73.2 Å². The Hall–Kier alpha value is -3.78. The molecule has 0 unspecified atom stereocenters. The number of benzene rings is 4. The minimum absolute atomic E-state index is 0.837. The van der Waals surface area contributed by atoms with Crippen molar-refractivity contribution in [2.45, 2.75) is 6.42 Å². The third-order valence-electron chi connectivity index (χ3n) is 5.53. The molecule has 0 amide bonds. The first-order valence-corrected chi connectivity index (χ1v) is 10.5. The molecule has 0 heterocycles. The van der Waals surface area contributed by atoms with Crippen LogP contribution in [0.1, 0.15) is 12.0 Å². The van der Waals surface area contributed by atoms with E-state index in [1.807, 2.05) is 36.4 Å². The normalized spacial score (nSPS) is 13.5. The van der Waals surface area contributed by atoms with Crippen LogP contribution in [0.15, 0.2) is 109 Å². The Bertz CT molecular complexity index is 1280. The third kappa shape index (κ3) is 3.97. The number of rotatable bonds is 5. The van der Waals surface area contributed by atoms with Crippen LogP contribution in [0.3, 0.4) is 0 Å². The fourth-order valence-electron chi connectivity index (χ4n) is 4.04. The fraction of sp³-hybridized carbons (Fsp3) is 0.0690. The molecule has 0 bridgehead atoms. The number of fused-ring (bicyclic) bond motifs is 1. The maximum absolute atomic E-state index is 6.09. The van der Waals surface area contributed by atoms with Crippen LogP contribution in [0.4, 0.5) is 0 Å². The molecule has 0 saturated carbocycles. The fourth-order valence-corrected chi connectivity index (χ4v) is 4.04. The summed E-state index contributed by atoms with van der Waals surface area (Å²) in [5.74, 6) is 2.60. The van der Waals surface area contributed by atoms with Crippen molar-refractivity contribution in [3.8, 4) is 22.6 Å². The van der Waals surface area contributed by atoms with Gasteiger partial charge in [-0.05, 0) is 76.9 Å². The van der Waals surface area contributed by atoms with Gasteiger partial charge in [0.2, 0.25) is 0 Å². The van der Waals surface area contributed by atoms with Gasteiger partial charge in [-0.25, -0.2) is 0 Å². The zero-order chi connectivity index (χ0) is 21.0. The Labute approximate surface area is 183 Å². The van der Waals surface area contributed by atoms with Crippen molar-refractivity contribution >= 4 is 16.3 Å². The maximum atomic E-state index is 6.09. The lowest BCUT2D eigenvalue weighted by Gasteiger charge is -2.18. The lowest BCUT2D eigenvalue weighted by atomic mass is 9.89. The molecule has 2 heteroatoms. The van der Waals surface area contributed by atoms with Gasteiger partial charge in [0.25, 0.3) is 0 Å². The molecule has 1 aliphatic rings. The van der Waals surface area contributed by atoms with Gasteiger partial charge >= 0.3 is 0 Å². The summed E-state index contributed by atoms with van der Waals surface area (Å²) < 4.78 is 11.8. The largest absolute Gasteiger partial charge is 0.496 e. The van der Waals surface area contributed by atoms with Crippen molar-refractivity contribution in [1.29, 1.82) is 0 Å². The summed E-state index contributed by atoms with van der Waals surface area (Å²) in [5, 5.41) is 2.29. The van der Waals surface area contributed by atoms with Gasteiger partial charge in [-0.1, -0.05) is 66.7 Å². The first-order chi connectivity index (χ1) is 15.3. The number of ether oxygens (including phenoxy) is 2. The Morgan fingerprint density at radius 2 is 1.48 bits per heavy atom. The Kier molecular flexibility index (Phi) is 5.28. The molecular formula is C29H23O2. The van der Waals surface area contributed by atoms with Crippen molar-refractivity contribution in [1.82, 2.24) is 0 Å². The third-order valence-corrected chi connectivity index (χ3v) is 5.53. The van der Waals surface area contributed by atoms with E-state index in [1.54, 1.807) is 7.11 Å². The van der Waals surface area contributed by atoms with Crippen LogP contribution in [0.25, 0.3) is 27.5 Å². The number of hydrogen-bond donors (Lipinski definition) is 0. The Morgan fingerprint density at radius 1 is 0.742 bits per heavy atom. The Balaban J connectivity index is 1.56. The summed E-state index contributed by atoms with van der Waals surface area (Å²) in [4.78, 5) is 0. The predicted molar refractivity (Wildman–Crippen MR) is 128 cm³/mol. The average molecular weight is 404 g/mol. The zero-order valence-electron chi connectivity index (χ0n) is 17.4. The highest BCUT2D eigenvalue weighted by molar-refractivity contribution is 5.95. The minimum Gasteiger partial charge on any atom is -0.496 e. The van der Waals surface area contributed by atoms with E-state index in [9.17, 15) is 0 Å². The molecule has 0 aliphatic heterocycles. The van der Waals surface area contributed by atoms with E-state index >= 15 is 0 Å². The second kappa shape index (κ2) is 8.53. The summed E-state index contributed by atoms with van der Waals surface area (Å²) in [6.45, 7) is 0. The van der Waals surface area contributed by atoms with Gasteiger partial charge in [0.05, 0.1) is 7.11 Å². The second-order valence-corrected chi connectivity index (χ2v) is 7.51. The van der Waals surface area contributed by atoms with Crippen molar-refractivity contribution < 1.29 is 9.47 Å². The molecule has 151 valence electrons. The SMILES string of the molecule is COc1cc(-c2ccccc2C2=CC(Oc3ccccc3)=CC[CH]2)cc2ccccc12. The highest BCUT2D eigenvalue weighted by atomic mass is 16.5. The molecule has 4 aromatic carbocycles. The maximum Gasteiger partial charge on any atom is 0.127 e. The topological polar surface area (TPSA) is 18.5 Å². The van der Waals surface area contributed by atoms with Gasteiger partial charge in [-0.15, -0.1) is 0 Å². The smallest absolute Gasteiger partial charge is 0.127 e. The standard InChI is InChI=1S/C29H23O2/c1-30-29-20-23(18-21-10-5-6-17-28(21)29)27-16-8-7-15-26(27)22-11-9-14-25(19-22)31-24-12-3-2-4-13-24/h2-8,10-20H,9H2,1H3. The van der Waals surface area contributed by atoms with Gasteiger partial charge in [0.15, 0.2) is 0 Å². The van der Waals surface area contributed by atoms with Crippen LogP contribution < -0.4 is 9.47 Å². The molecule has 0 saturated heterocycles. The van der Waals surface area contributed by atoms with Crippen LogP contribution >= 0.6 is 0 Å². The molecule has 1 aliphatic carbocycles. The zero-order valence-corrected chi connectivity index (χ0v) is 17.4. The molecule has 0 spiro atoms. The van der Waals surface area contributed by atoms with Gasteiger partial charge in [0.1, 0.15) is 17.3 Å². The van der Waals surface area contributed by atoms with Crippen molar-refractivity contribution in [2.75, 3.05) is 7.11 Å². The number of methoxy groups -OCH3 is 1. The molecule has 1 radical (unpaired) electrons. The highest BCUT2D eigenvalue weighted by Crippen LogP contribution is 2.38. The molecule has 0 fully saturated rings. The average Bonchev–Trinajstić information content (AvgIpc) is 2.84. The molecular weight excluding hydrogens is 380 g/mol. The van der Waals surface area contributed by atoms with Gasteiger partial charge < -0.3 is 9.47 Å². The Morgan fingerprint density at radius 3 is 2.32 bits per heavy atom. The number of hydrogen-bond acceptors (Lipinski definition) is 2.